The third-order valence-corrected chi connectivity index (χ3v) is 6.48. The summed E-state index contributed by atoms with van der Waals surface area (Å²) < 4.78 is 26.6. The number of nitrogens with one attached hydrogen (secondary N) is 1. The van der Waals surface area contributed by atoms with Gasteiger partial charge in [-0.25, -0.2) is 4.39 Å². The number of hydrogen-bond donors (Lipinski definition) is 1. The summed E-state index contributed by atoms with van der Waals surface area (Å²) in [6.45, 7) is 1.07. The molecule has 0 saturated heterocycles. The summed E-state index contributed by atoms with van der Waals surface area (Å²) in [6, 6.07) is 14.5. The fourth-order valence-corrected chi connectivity index (χ4v) is 4.84. The minimum atomic E-state index is -0.291. The number of aromatic nitrogens is 3. The molecule has 0 radical (unpaired) electrons. The monoisotopic (exact) mass is 456 g/mol. The molecule has 8 heteroatoms. The zero-order chi connectivity index (χ0) is 22.2. The first-order chi connectivity index (χ1) is 15.7. The van der Waals surface area contributed by atoms with Gasteiger partial charge in [-0.15, -0.1) is 10.2 Å². The molecule has 3 aromatic rings. The largest absolute Gasteiger partial charge is 0.497 e. The lowest BCUT2D eigenvalue weighted by atomic mass is 9.95. The quantitative estimate of drug-likeness (QED) is 0.311. The molecule has 32 heavy (non-hydrogen) atoms. The fourth-order valence-electron chi connectivity index (χ4n) is 4.00. The van der Waals surface area contributed by atoms with Crippen LogP contribution in [0.3, 0.4) is 0 Å². The minimum Gasteiger partial charge on any atom is -0.497 e. The van der Waals surface area contributed by atoms with Gasteiger partial charge in [0.05, 0.1) is 20.3 Å². The highest BCUT2D eigenvalue weighted by Crippen LogP contribution is 2.33. The van der Waals surface area contributed by atoms with Crippen molar-refractivity contribution in [1.29, 1.82) is 0 Å². The van der Waals surface area contributed by atoms with Crippen LogP contribution in [-0.4, -0.2) is 34.2 Å². The van der Waals surface area contributed by atoms with Crippen LogP contribution in [0.5, 0.6) is 11.5 Å². The number of methoxy groups -OCH3 is 1. The van der Waals surface area contributed by atoms with E-state index in [-0.39, 0.29) is 5.82 Å². The second kappa shape index (κ2) is 11.2. The molecule has 1 aromatic heterocycles. The van der Waals surface area contributed by atoms with E-state index < -0.39 is 0 Å². The second-order valence-corrected chi connectivity index (χ2v) is 8.86. The molecule has 6 nitrogen and oxygen atoms in total. The molecule has 0 atom stereocenters. The Morgan fingerprint density at radius 2 is 1.88 bits per heavy atom. The first-order valence-corrected chi connectivity index (χ1v) is 12.0. The molecule has 1 fully saturated rings. The highest BCUT2D eigenvalue weighted by atomic mass is 32.2. The van der Waals surface area contributed by atoms with Gasteiger partial charge in [-0.3, -0.25) is 0 Å². The second-order valence-electron chi connectivity index (χ2n) is 7.80. The molecule has 0 bridgehead atoms. The van der Waals surface area contributed by atoms with E-state index >= 15 is 0 Å². The Balaban J connectivity index is 1.41. The average molecular weight is 457 g/mol. The maximum Gasteiger partial charge on any atom is 0.191 e. The predicted molar refractivity (Wildman–Crippen MR) is 125 cm³/mol. The van der Waals surface area contributed by atoms with Gasteiger partial charge in [0, 0.05) is 29.6 Å². The van der Waals surface area contributed by atoms with Crippen LogP contribution in [0.2, 0.25) is 0 Å². The summed E-state index contributed by atoms with van der Waals surface area (Å²) >= 11 is 1.64. The number of ether oxygens (including phenoxy) is 2. The first-order valence-electron chi connectivity index (χ1n) is 11.1. The molecule has 2 aromatic carbocycles. The molecular formula is C24H29FN4O2S. The van der Waals surface area contributed by atoms with Crippen molar-refractivity contribution in [3.05, 3.63) is 60.2 Å². The Kier molecular flexibility index (Phi) is 7.87. The van der Waals surface area contributed by atoms with Gasteiger partial charge >= 0.3 is 0 Å². The van der Waals surface area contributed by atoms with E-state index in [4.69, 9.17) is 9.47 Å². The van der Waals surface area contributed by atoms with Gasteiger partial charge in [0.1, 0.15) is 17.3 Å². The standard InChI is InChI=1S/C24H29FN4O2S/c1-30-21-11-6-8-19(16-21)26-17-23-27-28-24(29(23)20-9-3-2-4-10-20)32-14-13-31-22-12-5-7-18(25)15-22/h5-8,11-12,15-16,20,26H,2-4,9-10,13-14,17H2,1H3. The van der Waals surface area contributed by atoms with Crippen molar-refractivity contribution in [2.24, 2.45) is 0 Å². The van der Waals surface area contributed by atoms with Crippen LogP contribution in [0.1, 0.15) is 44.0 Å². The third kappa shape index (κ3) is 5.94. The molecule has 0 spiro atoms. The summed E-state index contributed by atoms with van der Waals surface area (Å²) in [5.41, 5.74) is 0.986. The molecule has 0 unspecified atom stereocenters. The average Bonchev–Trinajstić information content (AvgIpc) is 3.24. The van der Waals surface area contributed by atoms with E-state index in [0.29, 0.717) is 30.7 Å². The van der Waals surface area contributed by atoms with Crippen LogP contribution in [0, 0.1) is 5.82 Å². The Morgan fingerprint density at radius 3 is 2.69 bits per heavy atom. The molecular weight excluding hydrogens is 427 g/mol. The fraction of sp³-hybridized carbons (Fsp3) is 0.417. The van der Waals surface area contributed by atoms with Gasteiger partial charge in [-0.05, 0) is 37.1 Å². The topological polar surface area (TPSA) is 61.2 Å². The number of thioether (sulfide) groups is 1. The smallest absolute Gasteiger partial charge is 0.191 e. The molecule has 0 aliphatic heterocycles. The molecule has 1 heterocycles. The van der Waals surface area contributed by atoms with Gasteiger partial charge in [-0.2, -0.15) is 0 Å². The van der Waals surface area contributed by atoms with Crippen molar-refractivity contribution >= 4 is 17.4 Å². The van der Waals surface area contributed by atoms with Crippen LogP contribution in [0.25, 0.3) is 0 Å². The Hall–Kier alpha value is -2.74. The van der Waals surface area contributed by atoms with Crippen molar-refractivity contribution in [1.82, 2.24) is 14.8 Å². The van der Waals surface area contributed by atoms with E-state index in [1.807, 2.05) is 24.3 Å². The Labute approximate surface area is 192 Å². The lowest BCUT2D eigenvalue weighted by Gasteiger charge is -2.25. The third-order valence-electron chi connectivity index (χ3n) is 5.57. The normalized spacial score (nSPS) is 14.3. The molecule has 0 amide bonds. The predicted octanol–water partition coefficient (Wildman–Crippen LogP) is 5.71. The Bertz CT molecular complexity index is 1010. The summed E-state index contributed by atoms with van der Waals surface area (Å²) in [7, 11) is 1.67. The van der Waals surface area contributed by atoms with Gasteiger partial charge in [-0.1, -0.05) is 43.2 Å². The zero-order valence-corrected chi connectivity index (χ0v) is 19.1. The van der Waals surface area contributed by atoms with Gasteiger partial charge in [0.2, 0.25) is 0 Å². The number of rotatable bonds is 10. The van der Waals surface area contributed by atoms with E-state index in [2.05, 4.69) is 20.1 Å². The van der Waals surface area contributed by atoms with Crippen molar-refractivity contribution < 1.29 is 13.9 Å². The van der Waals surface area contributed by atoms with Crippen LogP contribution in [-0.2, 0) is 6.54 Å². The molecule has 1 saturated carbocycles. The zero-order valence-electron chi connectivity index (χ0n) is 18.3. The first kappa shape index (κ1) is 22.5. The lowest BCUT2D eigenvalue weighted by molar-refractivity contribution is 0.328. The van der Waals surface area contributed by atoms with Crippen LogP contribution in [0.15, 0.2) is 53.7 Å². The molecule has 4 rings (SSSR count). The summed E-state index contributed by atoms with van der Waals surface area (Å²) in [5, 5.41) is 13.4. The highest BCUT2D eigenvalue weighted by Gasteiger charge is 2.23. The van der Waals surface area contributed by atoms with Crippen LogP contribution in [0.4, 0.5) is 10.1 Å². The van der Waals surface area contributed by atoms with Gasteiger partial charge < -0.3 is 19.4 Å². The van der Waals surface area contributed by atoms with Gasteiger partial charge in [0.15, 0.2) is 11.0 Å². The van der Waals surface area contributed by atoms with Gasteiger partial charge in [0.25, 0.3) is 0 Å². The molecule has 1 aliphatic rings. The lowest BCUT2D eigenvalue weighted by Crippen LogP contribution is -2.18. The number of halogens is 1. The number of benzene rings is 2. The summed E-state index contributed by atoms with van der Waals surface area (Å²) in [5.74, 6) is 2.72. The van der Waals surface area contributed by atoms with E-state index in [1.165, 1.54) is 31.4 Å². The number of nitrogens with zero attached hydrogens (tertiary/aromatic N) is 3. The summed E-state index contributed by atoms with van der Waals surface area (Å²) in [6.07, 6.45) is 6.06. The summed E-state index contributed by atoms with van der Waals surface area (Å²) in [4.78, 5) is 0. The Morgan fingerprint density at radius 1 is 1.06 bits per heavy atom. The van der Waals surface area contributed by atoms with Crippen molar-refractivity contribution in [3.8, 4) is 11.5 Å². The number of hydrogen-bond acceptors (Lipinski definition) is 6. The SMILES string of the molecule is COc1cccc(NCc2nnc(SCCOc3cccc(F)c3)n2C2CCCCC2)c1. The molecule has 170 valence electrons. The van der Waals surface area contributed by atoms with Crippen molar-refractivity contribution in [3.63, 3.8) is 0 Å². The highest BCUT2D eigenvalue weighted by molar-refractivity contribution is 7.99. The van der Waals surface area contributed by atoms with Crippen LogP contribution >= 0.6 is 11.8 Å². The molecule has 1 N–H and O–H groups in total. The maximum absolute atomic E-state index is 13.3. The maximum atomic E-state index is 13.3. The van der Waals surface area contributed by atoms with Crippen LogP contribution < -0.4 is 14.8 Å². The minimum absolute atomic E-state index is 0.291. The van der Waals surface area contributed by atoms with E-state index in [1.54, 1.807) is 31.0 Å². The van der Waals surface area contributed by atoms with Crippen molar-refractivity contribution in [2.75, 3.05) is 24.8 Å². The van der Waals surface area contributed by atoms with E-state index in [9.17, 15) is 4.39 Å². The van der Waals surface area contributed by atoms with E-state index in [0.717, 1.165) is 35.3 Å². The number of anilines is 1. The van der Waals surface area contributed by atoms with Crippen molar-refractivity contribution in [2.45, 2.75) is 49.8 Å². The molecule has 1 aliphatic carbocycles.